The first-order valence-electron chi connectivity index (χ1n) is 9.65. The van der Waals surface area contributed by atoms with Crippen LogP contribution in [0.5, 0.6) is 0 Å². The smallest absolute Gasteiger partial charge is 0.226 e. The van der Waals surface area contributed by atoms with Gasteiger partial charge in [0.15, 0.2) is 0 Å². The highest BCUT2D eigenvalue weighted by atomic mass is 16.2. The summed E-state index contributed by atoms with van der Waals surface area (Å²) in [7, 11) is 0. The molecule has 2 amide bonds. The fourth-order valence-electron chi connectivity index (χ4n) is 4.13. The molecule has 0 radical (unpaired) electrons. The van der Waals surface area contributed by atoms with Crippen LogP contribution in [-0.4, -0.2) is 47.8 Å². The summed E-state index contributed by atoms with van der Waals surface area (Å²) >= 11 is 0. The summed E-state index contributed by atoms with van der Waals surface area (Å²) in [6.45, 7) is 7.52. The average molecular weight is 342 g/mol. The lowest BCUT2D eigenvalue weighted by Gasteiger charge is -2.37. The van der Waals surface area contributed by atoms with Crippen LogP contribution in [0, 0.1) is 18.8 Å². The number of hydrogen-bond acceptors (Lipinski definition) is 2. The molecule has 2 aliphatic rings. The predicted molar refractivity (Wildman–Crippen MR) is 99.2 cm³/mol. The molecule has 136 valence electrons. The largest absolute Gasteiger partial charge is 0.342 e. The minimum Gasteiger partial charge on any atom is -0.342 e. The Morgan fingerprint density at radius 3 is 2.52 bits per heavy atom. The first-order chi connectivity index (χ1) is 12.0. The first kappa shape index (κ1) is 18.0. The fraction of sp³-hybridized carbons (Fsp3) is 0.619. The number of piperidine rings is 2. The minimum absolute atomic E-state index is 0.105. The third-order valence-electron chi connectivity index (χ3n) is 5.60. The number of rotatable bonds is 3. The molecule has 0 N–H and O–H groups in total. The van der Waals surface area contributed by atoms with Crippen molar-refractivity contribution in [2.45, 2.75) is 46.0 Å². The monoisotopic (exact) mass is 342 g/mol. The van der Waals surface area contributed by atoms with Crippen molar-refractivity contribution in [3.8, 4) is 0 Å². The highest BCUT2D eigenvalue weighted by molar-refractivity contribution is 5.81. The van der Waals surface area contributed by atoms with Crippen molar-refractivity contribution in [1.29, 1.82) is 0 Å². The highest BCUT2D eigenvalue weighted by Crippen LogP contribution is 2.24. The number of nitrogens with zero attached hydrogens (tertiary/aromatic N) is 2. The first-order valence-corrected chi connectivity index (χ1v) is 9.65. The van der Waals surface area contributed by atoms with Crippen LogP contribution in [0.25, 0.3) is 0 Å². The topological polar surface area (TPSA) is 40.6 Å². The van der Waals surface area contributed by atoms with Gasteiger partial charge >= 0.3 is 0 Å². The Balaban J connectivity index is 1.49. The number of benzene rings is 1. The molecule has 2 aliphatic heterocycles. The second kappa shape index (κ2) is 8.03. The van der Waals surface area contributed by atoms with Gasteiger partial charge in [-0.2, -0.15) is 0 Å². The van der Waals surface area contributed by atoms with E-state index in [2.05, 4.69) is 17.9 Å². The molecule has 1 unspecified atom stereocenters. The number of aryl methyl sites for hydroxylation is 1. The van der Waals surface area contributed by atoms with Crippen LogP contribution < -0.4 is 0 Å². The maximum atomic E-state index is 12.7. The second-order valence-electron chi connectivity index (χ2n) is 7.85. The van der Waals surface area contributed by atoms with E-state index in [0.717, 1.165) is 37.9 Å². The highest BCUT2D eigenvalue weighted by Gasteiger charge is 2.31. The van der Waals surface area contributed by atoms with E-state index in [1.54, 1.807) is 0 Å². The molecule has 1 atom stereocenters. The lowest BCUT2D eigenvalue weighted by Crippen LogP contribution is -2.47. The van der Waals surface area contributed by atoms with Crippen LogP contribution in [0.15, 0.2) is 24.3 Å². The van der Waals surface area contributed by atoms with Crippen LogP contribution in [0.3, 0.4) is 0 Å². The van der Waals surface area contributed by atoms with Crippen molar-refractivity contribution in [2.24, 2.45) is 11.8 Å². The molecule has 4 heteroatoms. The van der Waals surface area contributed by atoms with E-state index in [4.69, 9.17) is 0 Å². The number of likely N-dealkylation sites (tertiary alicyclic amines) is 2. The average Bonchev–Trinajstić information content (AvgIpc) is 2.61. The van der Waals surface area contributed by atoms with Crippen molar-refractivity contribution < 1.29 is 9.59 Å². The van der Waals surface area contributed by atoms with Crippen molar-refractivity contribution in [3.05, 3.63) is 35.4 Å². The summed E-state index contributed by atoms with van der Waals surface area (Å²) in [5.41, 5.74) is 2.26. The van der Waals surface area contributed by atoms with Gasteiger partial charge in [-0.1, -0.05) is 36.8 Å². The SMILES string of the molecule is Cc1cccc(CC(=O)N2CCC(C(=O)N3CCCC(C)C3)CC2)c1. The number of amides is 2. The summed E-state index contributed by atoms with van der Waals surface area (Å²) in [6, 6.07) is 8.14. The van der Waals surface area contributed by atoms with Gasteiger partial charge < -0.3 is 9.80 Å². The third kappa shape index (κ3) is 4.62. The van der Waals surface area contributed by atoms with E-state index < -0.39 is 0 Å². The molecule has 0 bridgehead atoms. The zero-order valence-corrected chi connectivity index (χ0v) is 15.5. The molecule has 2 heterocycles. The van der Waals surface area contributed by atoms with E-state index in [9.17, 15) is 9.59 Å². The fourth-order valence-corrected chi connectivity index (χ4v) is 4.13. The number of hydrogen-bond donors (Lipinski definition) is 0. The Labute approximate surface area is 151 Å². The molecule has 3 rings (SSSR count). The van der Waals surface area contributed by atoms with Crippen molar-refractivity contribution in [3.63, 3.8) is 0 Å². The predicted octanol–water partition coefficient (Wildman–Crippen LogP) is 3.03. The molecule has 0 aliphatic carbocycles. The summed E-state index contributed by atoms with van der Waals surface area (Å²) in [4.78, 5) is 29.3. The minimum atomic E-state index is 0.105. The molecular weight excluding hydrogens is 312 g/mol. The maximum Gasteiger partial charge on any atom is 0.226 e. The Kier molecular flexibility index (Phi) is 5.77. The van der Waals surface area contributed by atoms with Crippen LogP contribution >= 0.6 is 0 Å². The van der Waals surface area contributed by atoms with Gasteiger partial charge in [-0.3, -0.25) is 9.59 Å². The molecule has 1 aromatic carbocycles. The Hall–Kier alpha value is -1.84. The molecule has 1 aromatic rings. The second-order valence-corrected chi connectivity index (χ2v) is 7.85. The van der Waals surface area contributed by atoms with Gasteiger partial charge in [-0.15, -0.1) is 0 Å². The lowest BCUT2D eigenvalue weighted by molar-refractivity contribution is -0.141. The van der Waals surface area contributed by atoms with E-state index in [0.29, 0.717) is 31.3 Å². The molecule has 0 saturated carbocycles. The van der Waals surface area contributed by atoms with Crippen LogP contribution in [0.1, 0.15) is 43.7 Å². The van der Waals surface area contributed by atoms with E-state index >= 15 is 0 Å². The standard InChI is InChI=1S/C21H30N2O2/c1-16-5-3-7-18(13-16)14-20(24)22-11-8-19(9-12-22)21(25)23-10-4-6-17(2)15-23/h3,5,7,13,17,19H,4,6,8-12,14-15H2,1-2H3. The zero-order chi connectivity index (χ0) is 17.8. The van der Waals surface area contributed by atoms with Gasteiger partial charge in [0.1, 0.15) is 0 Å². The van der Waals surface area contributed by atoms with Crippen LogP contribution in [0.4, 0.5) is 0 Å². The van der Waals surface area contributed by atoms with Crippen molar-refractivity contribution in [2.75, 3.05) is 26.2 Å². The van der Waals surface area contributed by atoms with E-state index in [1.165, 1.54) is 12.0 Å². The summed E-state index contributed by atoms with van der Waals surface area (Å²) in [5, 5.41) is 0. The van der Waals surface area contributed by atoms with Crippen LogP contribution in [0.2, 0.25) is 0 Å². The Morgan fingerprint density at radius 2 is 1.84 bits per heavy atom. The Bertz CT molecular complexity index is 620. The third-order valence-corrected chi connectivity index (χ3v) is 5.60. The normalized spacial score (nSPS) is 22.1. The molecule has 0 spiro atoms. The molecular formula is C21H30N2O2. The van der Waals surface area contributed by atoms with E-state index in [-0.39, 0.29) is 11.8 Å². The molecule has 25 heavy (non-hydrogen) atoms. The number of carbonyl (C=O) groups excluding carboxylic acids is 2. The van der Waals surface area contributed by atoms with Gasteiger partial charge in [0.05, 0.1) is 6.42 Å². The lowest BCUT2D eigenvalue weighted by atomic mass is 9.92. The van der Waals surface area contributed by atoms with Gasteiger partial charge in [0.2, 0.25) is 11.8 Å². The van der Waals surface area contributed by atoms with Crippen molar-refractivity contribution >= 4 is 11.8 Å². The molecule has 2 saturated heterocycles. The van der Waals surface area contributed by atoms with Gasteiger partial charge in [0.25, 0.3) is 0 Å². The van der Waals surface area contributed by atoms with Gasteiger partial charge in [0, 0.05) is 32.1 Å². The quantitative estimate of drug-likeness (QED) is 0.847. The van der Waals surface area contributed by atoms with Gasteiger partial charge in [-0.05, 0) is 44.1 Å². The zero-order valence-electron chi connectivity index (χ0n) is 15.5. The molecule has 0 aromatic heterocycles. The van der Waals surface area contributed by atoms with E-state index in [1.807, 2.05) is 30.0 Å². The number of carbonyl (C=O) groups is 2. The van der Waals surface area contributed by atoms with Crippen molar-refractivity contribution in [1.82, 2.24) is 9.80 Å². The van der Waals surface area contributed by atoms with Crippen LogP contribution in [-0.2, 0) is 16.0 Å². The Morgan fingerprint density at radius 1 is 1.08 bits per heavy atom. The summed E-state index contributed by atoms with van der Waals surface area (Å²) < 4.78 is 0. The van der Waals surface area contributed by atoms with Gasteiger partial charge in [-0.25, -0.2) is 0 Å². The summed E-state index contributed by atoms with van der Waals surface area (Å²) in [6.07, 6.45) is 4.44. The molecule has 2 fully saturated rings. The molecule has 4 nitrogen and oxygen atoms in total. The maximum absolute atomic E-state index is 12.7. The summed E-state index contributed by atoms with van der Waals surface area (Å²) in [5.74, 6) is 1.22.